The third-order valence-electron chi connectivity index (χ3n) is 8.35. The Morgan fingerprint density at radius 1 is 1.00 bits per heavy atom. The molecule has 13 nitrogen and oxygen atoms in total. The molecule has 1 aromatic heterocycles. The first-order chi connectivity index (χ1) is 22.9. The van der Waals surface area contributed by atoms with Gasteiger partial charge in [0.15, 0.2) is 11.6 Å². The SMILES string of the molecule is CCOC(=O)N1CCN(C(=O)C(CCC(=O)OC(C)(C)C)NC(=O)c2cc(C3=CCC4(CC3)OCCO4)nc(-c3ccccc3)n2)CC1. The molecule has 1 aromatic carbocycles. The number of hydrogen-bond donors (Lipinski definition) is 1. The molecule has 13 heteroatoms. The van der Waals surface area contributed by atoms with Crippen LogP contribution in [-0.2, 0) is 28.5 Å². The van der Waals surface area contributed by atoms with Crippen molar-refractivity contribution in [2.24, 2.45) is 0 Å². The number of aromatic nitrogens is 2. The van der Waals surface area contributed by atoms with E-state index >= 15 is 0 Å². The minimum Gasteiger partial charge on any atom is -0.460 e. The lowest BCUT2D eigenvalue weighted by Crippen LogP contribution is -2.56. The molecule has 0 radical (unpaired) electrons. The van der Waals surface area contributed by atoms with Crippen LogP contribution in [0.3, 0.4) is 0 Å². The maximum absolute atomic E-state index is 13.9. The highest BCUT2D eigenvalue weighted by molar-refractivity contribution is 5.97. The van der Waals surface area contributed by atoms with Gasteiger partial charge in [-0.2, -0.15) is 0 Å². The van der Waals surface area contributed by atoms with Crippen molar-refractivity contribution >= 4 is 29.5 Å². The molecule has 2 aliphatic heterocycles. The average molecular weight is 664 g/mol. The number of allylic oxidation sites excluding steroid dienone is 1. The Balaban J connectivity index is 1.38. The van der Waals surface area contributed by atoms with Crippen LogP contribution >= 0.6 is 0 Å². The number of nitrogens with zero attached hydrogens (tertiary/aromatic N) is 4. The molecule has 2 aromatic rings. The van der Waals surface area contributed by atoms with E-state index in [0.717, 1.165) is 11.1 Å². The molecular weight excluding hydrogens is 618 g/mol. The predicted octanol–water partition coefficient (Wildman–Crippen LogP) is 3.98. The third kappa shape index (κ3) is 8.95. The highest BCUT2D eigenvalue weighted by atomic mass is 16.7. The number of benzene rings is 1. The van der Waals surface area contributed by atoms with E-state index in [1.54, 1.807) is 43.6 Å². The van der Waals surface area contributed by atoms with E-state index in [9.17, 15) is 19.2 Å². The summed E-state index contributed by atoms with van der Waals surface area (Å²) >= 11 is 0. The predicted molar refractivity (Wildman–Crippen MR) is 175 cm³/mol. The molecule has 3 amide bonds. The lowest BCUT2D eigenvalue weighted by Gasteiger charge is -2.36. The summed E-state index contributed by atoms with van der Waals surface area (Å²) in [6, 6.07) is 9.97. The largest absolute Gasteiger partial charge is 0.460 e. The van der Waals surface area contributed by atoms with E-state index in [-0.39, 0.29) is 44.1 Å². The molecule has 1 aliphatic carbocycles. The van der Waals surface area contributed by atoms with Crippen LogP contribution in [0.2, 0.25) is 0 Å². The molecule has 1 N–H and O–H groups in total. The Morgan fingerprint density at radius 2 is 1.69 bits per heavy atom. The van der Waals surface area contributed by atoms with Gasteiger partial charge in [-0.25, -0.2) is 14.8 Å². The van der Waals surface area contributed by atoms with Crippen molar-refractivity contribution in [3.8, 4) is 11.4 Å². The minimum absolute atomic E-state index is 0.0221. The summed E-state index contributed by atoms with van der Waals surface area (Å²) in [4.78, 5) is 65.2. The van der Waals surface area contributed by atoms with Gasteiger partial charge in [-0.15, -0.1) is 0 Å². The summed E-state index contributed by atoms with van der Waals surface area (Å²) in [6.07, 6.45) is 3.42. The molecule has 48 heavy (non-hydrogen) atoms. The smallest absolute Gasteiger partial charge is 0.409 e. The molecule has 0 bridgehead atoms. The fraction of sp³-hybridized carbons (Fsp3) is 0.543. The van der Waals surface area contributed by atoms with Crippen LogP contribution in [0.5, 0.6) is 0 Å². The van der Waals surface area contributed by atoms with Gasteiger partial charge >= 0.3 is 12.1 Å². The van der Waals surface area contributed by atoms with Gasteiger partial charge in [-0.3, -0.25) is 14.4 Å². The summed E-state index contributed by atoms with van der Waals surface area (Å²) in [5, 5.41) is 2.86. The van der Waals surface area contributed by atoms with Gasteiger partial charge in [-0.05, 0) is 52.2 Å². The van der Waals surface area contributed by atoms with Crippen molar-refractivity contribution in [3.63, 3.8) is 0 Å². The van der Waals surface area contributed by atoms with E-state index in [0.29, 0.717) is 57.1 Å². The fourth-order valence-electron chi connectivity index (χ4n) is 5.93. The Kier molecular flexibility index (Phi) is 11.1. The van der Waals surface area contributed by atoms with Crippen molar-refractivity contribution in [1.82, 2.24) is 25.1 Å². The molecule has 1 atom stereocenters. The van der Waals surface area contributed by atoms with E-state index in [2.05, 4.69) is 10.3 Å². The van der Waals surface area contributed by atoms with Crippen LogP contribution in [-0.4, -0.2) is 107 Å². The number of ether oxygens (including phenoxy) is 4. The van der Waals surface area contributed by atoms with Gasteiger partial charge in [0.05, 0.1) is 25.5 Å². The first-order valence-corrected chi connectivity index (χ1v) is 16.6. The Morgan fingerprint density at radius 3 is 2.31 bits per heavy atom. The first-order valence-electron chi connectivity index (χ1n) is 16.6. The van der Waals surface area contributed by atoms with E-state index < -0.39 is 35.4 Å². The number of piperazine rings is 1. The quantitative estimate of drug-likeness (QED) is 0.391. The summed E-state index contributed by atoms with van der Waals surface area (Å²) in [6.45, 7) is 9.53. The van der Waals surface area contributed by atoms with Crippen LogP contribution in [0.15, 0.2) is 42.5 Å². The first kappa shape index (κ1) is 35.0. The van der Waals surface area contributed by atoms with Gasteiger partial charge in [0, 0.05) is 51.0 Å². The molecule has 3 heterocycles. The monoisotopic (exact) mass is 663 g/mol. The molecule has 1 unspecified atom stereocenters. The number of amides is 3. The molecule has 2 fully saturated rings. The molecule has 0 saturated carbocycles. The summed E-state index contributed by atoms with van der Waals surface area (Å²) < 4.78 is 22.3. The van der Waals surface area contributed by atoms with Crippen molar-refractivity contribution in [3.05, 3.63) is 53.9 Å². The number of carbonyl (C=O) groups is 4. The highest BCUT2D eigenvalue weighted by Gasteiger charge is 2.38. The van der Waals surface area contributed by atoms with E-state index in [1.807, 2.05) is 36.4 Å². The summed E-state index contributed by atoms with van der Waals surface area (Å²) in [5.74, 6) is -1.64. The summed E-state index contributed by atoms with van der Waals surface area (Å²) in [7, 11) is 0. The Bertz CT molecular complexity index is 1510. The lowest BCUT2D eigenvalue weighted by molar-refractivity contribution is -0.160. The molecule has 2 saturated heterocycles. The summed E-state index contributed by atoms with van der Waals surface area (Å²) in [5.41, 5.74) is 1.69. The highest BCUT2D eigenvalue weighted by Crippen LogP contribution is 2.38. The maximum Gasteiger partial charge on any atom is 0.409 e. The standard InChI is InChI=1S/C35H45N5O8/c1-5-45-33(44)40-19-17-39(18-20-40)32(43)26(11-12-29(41)48-34(2,3)4)38-31(42)28-23-27(36-30(37-28)25-9-7-6-8-10-25)24-13-15-35(16-14-24)46-21-22-47-35/h6-10,13,23,26H,5,11-12,14-22H2,1-4H3,(H,38,42). The van der Waals surface area contributed by atoms with Gasteiger partial charge in [0.2, 0.25) is 5.91 Å². The lowest BCUT2D eigenvalue weighted by atomic mass is 9.92. The number of carbonyl (C=O) groups excluding carboxylic acids is 4. The molecule has 1 spiro atoms. The van der Waals surface area contributed by atoms with Crippen LogP contribution in [0.25, 0.3) is 17.0 Å². The second-order valence-electron chi connectivity index (χ2n) is 13.0. The zero-order valence-corrected chi connectivity index (χ0v) is 28.2. The molecule has 5 rings (SSSR count). The Labute approximate surface area is 281 Å². The average Bonchev–Trinajstić information content (AvgIpc) is 3.53. The van der Waals surface area contributed by atoms with Crippen LogP contribution < -0.4 is 5.32 Å². The van der Waals surface area contributed by atoms with Crippen molar-refractivity contribution in [2.45, 2.75) is 77.2 Å². The van der Waals surface area contributed by atoms with E-state index in [4.69, 9.17) is 23.9 Å². The number of hydrogen-bond acceptors (Lipinski definition) is 10. The van der Waals surface area contributed by atoms with Crippen LogP contribution in [0.1, 0.15) is 76.0 Å². The topological polar surface area (TPSA) is 149 Å². The zero-order valence-electron chi connectivity index (χ0n) is 28.2. The van der Waals surface area contributed by atoms with Crippen LogP contribution in [0.4, 0.5) is 4.79 Å². The van der Waals surface area contributed by atoms with Crippen molar-refractivity contribution < 1.29 is 38.1 Å². The van der Waals surface area contributed by atoms with Gasteiger partial charge < -0.3 is 34.1 Å². The van der Waals surface area contributed by atoms with Gasteiger partial charge in [0.1, 0.15) is 17.3 Å². The molecule has 258 valence electrons. The Hall–Kier alpha value is -4.36. The normalized spacial score (nSPS) is 18.2. The van der Waals surface area contributed by atoms with Crippen LogP contribution in [0, 0.1) is 0 Å². The zero-order chi connectivity index (χ0) is 34.3. The fourth-order valence-corrected chi connectivity index (χ4v) is 5.93. The second-order valence-corrected chi connectivity index (χ2v) is 13.0. The van der Waals surface area contributed by atoms with E-state index in [1.165, 1.54) is 0 Å². The second kappa shape index (κ2) is 15.2. The van der Waals surface area contributed by atoms with Crippen molar-refractivity contribution in [2.75, 3.05) is 46.0 Å². The van der Waals surface area contributed by atoms with Gasteiger partial charge in [0.25, 0.3) is 5.91 Å². The molecular formula is C35H45N5O8. The third-order valence-corrected chi connectivity index (χ3v) is 8.35. The number of esters is 1. The van der Waals surface area contributed by atoms with Gasteiger partial charge in [-0.1, -0.05) is 36.4 Å². The molecule has 3 aliphatic rings. The maximum atomic E-state index is 13.9. The number of nitrogens with one attached hydrogen (secondary N) is 1. The minimum atomic E-state index is -1.04. The van der Waals surface area contributed by atoms with Crippen molar-refractivity contribution in [1.29, 1.82) is 0 Å². The number of rotatable bonds is 9.